The van der Waals surface area contributed by atoms with E-state index in [0.29, 0.717) is 11.1 Å². The van der Waals surface area contributed by atoms with E-state index in [1.165, 1.54) is 0 Å². The lowest BCUT2D eigenvalue weighted by atomic mass is 10.0. The standard InChI is InChI=1S/C17H15N5O2/c18-5-15-14-3-9(1-2-12(14)17(24)22-21-15)10-4-13-11(8-23)7-20-16(13)19-6-10/h1-4,6-7,23H,5,8,18H2,(H,19,20)(H,22,24). The molecule has 0 spiro atoms. The number of hydrogen-bond donors (Lipinski definition) is 4. The summed E-state index contributed by atoms with van der Waals surface area (Å²) < 4.78 is 0. The molecule has 0 radical (unpaired) electrons. The zero-order valence-electron chi connectivity index (χ0n) is 12.7. The molecule has 0 aliphatic carbocycles. The van der Waals surface area contributed by atoms with Crippen LogP contribution in [0.15, 0.2) is 41.5 Å². The van der Waals surface area contributed by atoms with Gasteiger partial charge in [0.25, 0.3) is 5.56 Å². The highest BCUT2D eigenvalue weighted by atomic mass is 16.3. The first-order valence-corrected chi connectivity index (χ1v) is 7.50. The predicted molar refractivity (Wildman–Crippen MR) is 91.3 cm³/mol. The van der Waals surface area contributed by atoms with E-state index in [4.69, 9.17) is 5.73 Å². The topological polar surface area (TPSA) is 121 Å². The van der Waals surface area contributed by atoms with Crippen LogP contribution in [0.3, 0.4) is 0 Å². The van der Waals surface area contributed by atoms with Gasteiger partial charge in [0.05, 0.1) is 17.7 Å². The van der Waals surface area contributed by atoms with Crippen LogP contribution in [0.5, 0.6) is 0 Å². The Labute approximate surface area is 136 Å². The fourth-order valence-corrected chi connectivity index (χ4v) is 2.90. The molecule has 0 atom stereocenters. The number of aliphatic hydroxyl groups excluding tert-OH is 1. The van der Waals surface area contributed by atoms with Crippen molar-refractivity contribution in [1.82, 2.24) is 20.2 Å². The predicted octanol–water partition coefficient (Wildman–Crippen LogP) is 1.42. The van der Waals surface area contributed by atoms with E-state index in [9.17, 15) is 9.90 Å². The van der Waals surface area contributed by atoms with Crippen LogP contribution in [-0.2, 0) is 13.2 Å². The highest BCUT2D eigenvalue weighted by molar-refractivity contribution is 5.90. The first kappa shape index (κ1) is 14.6. The van der Waals surface area contributed by atoms with Crippen LogP contribution >= 0.6 is 0 Å². The molecule has 0 aliphatic rings. The summed E-state index contributed by atoms with van der Waals surface area (Å²) in [6.45, 7) is 0.181. The molecule has 3 aromatic heterocycles. The number of hydrogen-bond acceptors (Lipinski definition) is 5. The smallest absolute Gasteiger partial charge is 0.272 e. The molecule has 3 heterocycles. The summed E-state index contributed by atoms with van der Waals surface area (Å²) in [6, 6.07) is 7.49. The van der Waals surface area contributed by atoms with Gasteiger partial charge in [0, 0.05) is 40.8 Å². The van der Waals surface area contributed by atoms with Crippen LogP contribution in [0.2, 0.25) is 0 Å². The Kier molecular flexibility index (Phi) is 3.37. The van der Waals surface area contributed by atoms with Gasteiger partial charge < -0.3 is 15.8 Å². The molecule has 4 aromatic rings. The number of nitrogens with zero attached hydrogens (tertiary/aromatic N) is 2. The number of rotatable bonds is 3. The number of aromatic nitrogens is 4. The third kappa shape index (κ3) is 2.18. The van der Waals surface area contributed by atoms with E-state index in [2.05, 4.69) is 20.2 Å². The molecule has 24 heavy (non-hydrogen) atoms. The average Bonchev–Trinajstić information content (AvgIpc) is 3.04. The van der Waals surface area contributed by atoms with Gasteiger partial charge in [-0.1, -0.05) is 6.07 Å². The average molecular weight is 321 g/mol. The molecule has 4 rings (SSSR count). The molecule has 7 heteroatoms. The number of benzene rings is 1. The van der Waals surface area contributed by atoms with Crippen molar-refractivity contribution in [2.24, 2.45) is 5.73 Å². The zero-order chi connectivity index (χ0) is 16.7. The molecule has 0 aliphatic heterocycles. The molecule has 7 nitrogen and oxygen atoms in total. The molecule has 5 N–H and O–H groups in total. The van der Waals surface area contributed by atoms with E-state index in [1.54, 1.807) is 18.5 Å². The maximum Gasteiger partial charge on any atom is 0.272 e. The summed E-state index contributed by atoms with van der Waals surface area (Å²) in [5.74, 6) is 0. The van der Waals surface area contributed by atoms with E-state index >= 15 is 0 Å². The van der Waals surface area contributed by atoms with Crippen molar-refractivity contribution in [2.45, 2.75) is 13.2 Å². The summed E-state index contributed by atoms with van der Waals surface area (Å²) >= 11 is 0. The minimum atomic E-state index is -0.240. The Balaban J connectivity index is 1.94. The van der Waals surface area contributed by atoms with Crippen LogP contribution in [0.25, 0.3) is 32.9 Å². The van der Waals surface area contributed by atoms with Crippen LogP contribution < -0.4 is 11.3 Å². The van der Waals surface area contributed by atoms with Gasteiger partial charge in [-0.25, -0.2) is 10.1 Å². The van der Waals surface area contributed by atoms with Crippen molar-refractivity contribution in [3.63, 3.8) is 0 Å². The molecule has 0 unspecified atom stereocenters. The monoisotopic (exact) mass is 321 g/mol. The minimum Gasteiger partial charge on any atom is -0.392 e. The number of nitrogens with one attached hydrogen (secondary N) is 2. The molecule has 0 saturated carbocycles. The number of aliphatic hydroxyl groups is 1. The molecule has 0 fully saturated rings. The molecule has 1 aromatic carbocycles. The van der Waals surface area contributed by atoms with Crippen LogP contribution in [0.1, 0.15) is 11.3 Å². The second-order valence-corrected chi connectivity index (χ2v) is 5.56. The number of H-pyrrole nitrogens is 2. The van der Waals surface area contributed by atoms with Crippen LogP contribution in [0.4, 0.5) is 0 Å². The van der Waals surface area contributed by atoms with Crippen LogP contribution in [0, 0.1) is 0 Å². The van der Waals surface area contributed by atoms with Crippen molar-refractivity contribution >= 4 is 21.8 Å². The lowest BCUT2D eigenvalue weighted by Gasteiger charge is -2.07. The third-order valence-electron chi connectivity index (χ3n) is 4.18. The molecule has 0 saturated heterocycles. The number of aromatic amines is 2. The Morgan fingerprint density at radius 1 is 1.12 bits per heavy atom. The van der Waals surface area contributed by atoms with E-state index in [0.717, 1.165) is 33.1 Å². The molecular formula is C17H15N5O2. The Hall–Kier alpha value is -3.03. The van der Waals surface area contributed by atoms with Gasteiger partial charge in [-0.2, -0.15) is 5.10 Å². The lowest BCUT2D eigenvalue weighted by molar-refractivity contribution is 0.283. The van der Waals surface area contributed by atoms with Crippen LogP contribution in [-0.4, -0.2) is 25.3 Å². The van der Waals surface area contributed by atoms with Crippen molar-refractivity contribution in [3.8, 4) is 11.1 Å². The van der Waals surface area contributed by atoms with Crippen molar-refractivity contribution < 1.29 is 5.11 Å². The molecule has 120 valence electrons. The highest BCUT2D eigenvalue weighted by Gasteiger charge is 2.10. The van der Waals surface area contributed by atoms with Crippen molar-refractivity contribution in [3.05, 3.63) is 58.3 Å². The second kappa shape index (κ2) is 5.55. The van der Waals surface area contributed by atoms with Gasteiger partial charge in [0.15, 0.2) is 0 Å². The maximum absolute atomic E-state index is 11.9. The molecule has 0 amide bonds. The van der Waals surface area contributed by atoms with Crippen molar-refractivity contribution in [2.75, 3.05) is 0 Å². The number of fused-ring (bicyclic) bond motifs is 2. The lowest BCUT2D eigenvalue weighted by Crippen LogP contribution is -2.13. The number of pyridine rings is 1. The van der Waals surface area contributed by atoms with Gasteiger partial charge in [-0.15, -0.1) is 0 Å². The normalized spacial score (nSPS) is 11.4. The maximum atomic E-state index is 11.9. The largest absolute Gasteiger partial charge is 0.392 e. The SMILES string of the molecule is NCc1n[nH]c(=O)c2ccc(-c3cnc4[nH]cc(CO)c4c3)cc12. The van der Waals surface area contributed by atoms with Gasteiger partial charge in [0.2, 0.25) is 0 Å². The van der Waals surface area contributed by atoms with E-state index < -0.39 is 0 Å². The molecule has 0 bridgehead atoms. The highest BCUT2D eigenvalue weighted by Crippen LogP contribution is 2.27. The first-order valence-electron chi connectivity index (χ1n) is 7.50. The summed E-state index contributed by atoms with van der Waals surface area (Å²) in [4.78, 5) is 19.3. The number of nitrogens with two attached hydrogens (primary N) is 1. The quantitative estimate of drug-likeness (QED) is 0.455. The summed E-state index contributed by atoms with van der Waals surface area (Å²) in [5, 5.41) is 18.1. The van der Waals surface area contributed by atoms with Gasteiger partial charge >= 0.3 is 0 Å². The van der Waals surface area contributed by atoms with Gasteiger partial charge in [0.1, 0.15) is 5.65 Å². The Morgan fingerprint density at radius 3 is 2.75 bits per heavy atom. The van der Waals surface area contributed by atoms with E-state index in [1.807, 2.05) is 18.2 Å². The third-order valence-corrected chi connectivity index (χ3v) is 4.18. The molecular weight excluding hydrogens is 306 g/mol. The summed E-state index contributed by atoms with van der Waals surface area (Å²) in [5.41, 5.74) is 9.44. The van der Waals surface area contributed by atoms with Gasteiger partial charge in [-0.05, 0) is 23.8 Å². The summed E-state index contributed by atoms with van der Waals surface area (Å²) in [7, 11) is 0. The minimum absolute atomic E-state index is 0.0561. The zero-order valence-corrected chi connectivity index (χ0v) is 12.7. The Bertz CT molecular complexity index is 1110. The fraction of sp³-hybridized carbons (Fsp3) is 0.118. The Morgan fingerprint density at radius 2 is 1.96 bits per heavy atom. The second-order valence-electron chi connectivity index (χ2n) is 5.56. The first-order chi connectivity index (χ1) is 11.7. The van der Waals surface area contributed by atoms with Gasteiger partial charge in [-0.3, -0.25) is 4.79 Å². The van der Waals surface area contributed by atoms with E-state index in [-0.39, 0.29) is 18.7 Å². The fourth-order valence-electron chi connectivity index (χ4n) is 2.90. The van der Waals surface area contributed by atoms with Crippen molar-refractivity contribution in [1.29, 1.82) is 0 Å². The summed E-state index contributed by atoms with van der Waals surface area (Å²) in [6.07, 6.45) is 3.50.